The van der Waals surface area contributed by atoms with Gasteiger partial charge >= 0.3 is 5.69 Å². The van der Waals surface area contributed by atoms with Gasteiger partial charge < -0.3 is 19.6 Å². The average molecular weight is 335 g/mol. The van der Waals surface area contributed by atoms with Crippen molar-refractivity contribution in [2.45, 2.75) is 13.5 Å². The summed E-state index contributed by atoms with van der Waals surface area (Å²) < 4.78 is 8.77. The Balaban J connectivity index is 0.000000463. The van der Waals surface area contributed by atoms with E-state index in [9.17, 15) is 0 Å². The normalized spacial score (nSPS) is 10.2. The lowest BCUT2D eigenvalue weighted by molar-refractivity contribution is -0.214. The van der Waals surface area contributed by atoms with Crippen LogP contribution in [-0.2, 0) is 11.1 Å². The van der Waals surface area contributed by atoms with Gasteiger partial charge in [-0.3, -0.25) is 4.57 Å². The minimum Gasteiger partial charge on any atom is -0.756 e. The molecular formula is C15H18N3O4P. The number of diazo groups is 1. The topological polar surface area (TPSA) is 112 Å². The zero-order valence-electron chi connectivity index (χ0n) is 12.6. The fraction of sp³-hybridized carbons (Fsp3) is 0.200. The Hall–Kier alpha value is -2.23. The van der Waals surface area contributed by atoms with Crippen molar-refractivity contribution in [2.24, 2.45) is 0 Å². The zero-order chi connectivity index (χ0) is 17.3. The van der Waals surface area contributed by atoms with Gasteiger partial charge in [-0.05, 0) is 24.6 Å². The van der Waals surface area contributed by atoms with Crippen LogP contribution in [0, 0.1) is 5.39 Å². The summed E-state index contributed by atoms with van der Waals surface area (Å²) >= 11 is 0. The van der Waals surface area contributed by atoms with Crippen LogP contribution in [0.5, 0.6) is 0 Å². The van der Waals surface area contributed by atoms with Gasteiger partial charge in [0.1, 0.15) is 0 Å². The fourth-order valence-electron chi connectivity index (χ4n) is 1.92. The minimum absolute atomic E-state index is 0.578. The molecule has 0 amide bonds. The van der Waals surface area contributed by atoms with Crippen LogP contribution in [0.1, 0.15) is 12.5 Å². The van der Waals surface area contributed by atoms with E-state index in [1.54, 1.807) is 0 Å². The Morgan fingerprint density at radius 1 is 1.13 bits per heavy atom. The first kappa shape index (κ1) is 18.8. The maximum absolute atomic E-state index is 8.77. The van der Waals surface area contributed by atoms with Gasteiger partial charge in [0.15, 0.2) is 4.98 Å². The molecule has 2 aromatic carbocycles. The summed E-state index contributed by atoms with van der Waals surface area (Å²) in [6, 6.07) is 17.9. The van der Waals surface area contributed by atoms with Gasteiger partial charge in [-0.25, -0.2) is 0 Å². The van der Waals surface area contributed by atoms with Crippen LogP contribution >= 0.6 is 7.82 Å². The summed E-state index contributed by atoms with van der Waals surface area (Å²) in [6.07, 6.45) is 0. The Morgan fingerprint density at radius 3 is 2.09 bits per heavy atom. The molecule has 0 saturated heterocycles. The maximum atomic E-state index is 8.77. The van der Waals surface area contributed by atoms with Crippen molar-refractivity contribution in [3.05, 3.63) is 65.1 Å². The Labute approximate surface area is 134 Å². The predicted molar refractivity (Wildman–Crippen MR) is 86.4 cm³/mol. The molecule has 0 bridgehead atoms. The lowest BCUT2D eigenvalue weighted by Gasteiger charge is -2.22. The van der Waals surface area contributed by atoms with Crippen molar-refractivity contribution >= 4 is 19.2 Å². The Morgan fingerprint density at radius 2 is 1.65 bits per heavy atom. The summed E-state index contributed by atoms with van der Waals surface area (Å²) in [7, 11) is -4.89. The van der Waals surface area contributed by atoms with Crippen LogP contribution in [0.25, 0.3) is 4.98 Å². The molecule has 0 unspecified atom stereocenters. The molecule has 0 aliphatic rings. The van der Waals surface area contributed by atoms with Gasteiger partial charge in [-0.1, -0.05) is 30.3 Å². The van der Waals surface area contributed by atoms with Crippen molar-refractivity contribution in [3.8, 4) is 0 Å². The second-order valence-electron chi connectivity index (χ2n) is 4.61. The third-order valence-electron chi connectivity index (χ3n) is 2.93. The molecular weight excluding hydrogens is 317 g/mol. The average Bonchev–Trinajstić information content (AvgIpc) is 2.52. The summed E-state index contributed by atoms with van der Waals surface area (Å²) in [5.41, 5.74) is 3.00. The van der Waals surface area contributed by atoms with Gasteiger partial charge in [-0.2, -0.15) is 0 Å². The van der Waals surface area contributed by atoms with E-state index < -0.39 is 7.82 Å². The highest BCUT2D eigenvalue weighted by Crippen LogP contribution is 2.21. The highest BCUT2D eigenvalue weighted by atomic mass is 31.2. The zero-order valence-corrected chi connectivity index (χ0v) is 13.5. The van der Waals surface area contributed by atoms with Gasteiger partial charge in [0.25, 0.3) is 7.82 Å². The van der Waals surface area contributed by atoms with Crippen molar-refractivity contribution < 1.29 is 19.2 Å². The SMILES string of the molecule is CCN(Cc1ccccc1)c1ccc([N+]#N)cc1.O=P([O-])(O)O. The highest BCUT2D eigenvalue weighted by Gasteiger charge is 2.08. The number of hydrogen-bond donors (Lipinski definition) is 2. The number of phosphoric acid groups is 1. The number of benzene rings is 2. The van der Waals surface area contributed by atoms with E-state index in [1.165, 1.54) is 5.56 Å². The number of nitrogens with zero attached hydrogens (tertiary/aromatic N) is 3. The molecule has 23 heavy (non-hydrogen) atoms. The van der Waals surface area contributed by atoms with Crippen molar-refractivity contribution in [2.75, 3.05) is 11.4 Å². The summed E-state index contributed by atoms with van der Waals surface area (Å²) in [6.45, 7) is 3.95. The smallest absolute Gasteiger partial charge is 0.385 e. The summed E-state index contributed by atoms with van der Waals surface area (Å²) in [5.74, 6) is 0. The molecule has 0 aliphatic carbocycles. The molecule has 0 aliphatic heterocycles. The van der Waals surface area contributed by atoms with E-state index in [4.69, 9.17) is 24.6 Å². The third kappa shape index (κ3) is 8.10. The first-order valence-electron chi connectivity index (χ1n) is 6.84. The molecule has 122 valence electrons. The number of hydrogen-bond acceptors (Lipinski definition) is 4. The lowest BCUT2D eigenvalue weighted by Crippen LogP contribution is -2.21. The fourth-order valence-corrected chi connectivity index (χ4v) is 1.92. The number of rotatable bonds is 4. The van der Waals surface area contributed by atoms with E-state index in [0.717, 1.165) is 18.8 Å². The van der Waals surface area contributed by atoms with E-state index >= 15 is 0 Å². The van der Waals surface area contributed by atoms with Gasteiger partial charge in [-0.15, -0.1) is 0 Å². The van der Waals surface area contributed by atoms with Crippen molar-refractivity contribution in [3.63, 3.8) is 0 Å². The quantitative estimate of drug-likeness (QED) is 0.656. The molecule has 8 heteroatoms. The molecule has 2 aromatic rings. The molecule has 0 heterocycles. The molecule has 7 nitrogen and oxygen atoms in total. The first-order chi connectivity index (χ1) is 10.8. The largest absolute Gasteiger partial charge is 0.756 e. The molecule has 0 atom stereocenters. The van der Waals surface area contributed by atoms with Crippen LogP contribution in [0.4, 0.5) is 11.4 Å². The third-order valence-corrected chi connectivity index (χ3v) is 2.93. The first-order valence-corrected chi connectivity index (χ1v) is 8.37. The monoisotopic (exact) mass is 335 g/mol. The maximum Gasteiger partial charge on any atom is 0.385 e. The standard InChI is InChI=1S/C15H16N3.H3O4P/c1-2-18(12-13-6-4-3-5-7-13)15-10-8-14(17-16)9-11-15;1-5(2,3)4/h3-11H,2,12H2,1H3;(H3,1,2,3,4)/q+1;/p-1. The highest BCUT2D eigenvalue weighted by molar-refractivity contribution is 7.43. The molecule has 0 aromatic heterocycles. The minimum atomic E-state index is -4.89. The molecule has 2 N–H and O–H groups in total. The summed E-state index contributed by atoms with van der Waals surface area (Å²) in [5, 5.41) is 8.67. The van der Waals surface area contributed by atoms with Crippen molar-refractivity contribution in [1.29, 1.82) is 5.39 Å². The van der Waals surface area contributed by atoms with Crippen LogP contribution < -0.4 is 9.79 Å². The van der Waals surface area contributed by atoms with E-state index in [-0.39, 0.29) is 0 Å². The molecule has 0 spiro atoms. The lowest BCUT2D eigenvalue weighted by atomic mass is 10.2. The van der Waals surface area contributed by atoms with Crippen molar-refractivity contribution in [1.82, 2.24) is 0 Å². The molecule has 0 radical (unpaired) electrons. The van der Waals surface area contributed by atoms with Crippen LogP contribution in [0.15, 0.2) is 54.6 Å². The number of anilines is 1. The predicted octanol–water partition coefficient (Wildman–Crippen LogP) is 2.64. The van der Waals surface area contributed by atoms with Crippen LogP contribution in [-0.4, -0.2) is 16.3 Å². The van der Waals surface area contributed by atoms with E-state index in [1.807, 2.05) is 30.3 Å². The van der Waals surface area contributed by atoms with Gasteiger partial charge in [0.05, 0.1) is 0 Å². The summed E-state index contributed by atoms with van der Waals surface area (Å²) in [4.78, 5) is 28.4. The van der Waals surface area contributed by atoms with Crippen LogP contribution in [0.3, 0.4) is 0 Å². The molecule has 2 rings (SSSR count). The Bertz CT molecular complexity index is 672. The molecule has 0 fully saturated rings. The second kappa shape index (κ2) is 9.03. The van der Waals surface area contributed by atoms with Gasteiger partial charge in [0.2, 0.25) is 5.39 Å². The molecule has 0 saturated carbocycles. The van der Waals surface area contributed by atoms with Crippen LogP contribution in [0.2, 0.25) is 0 Å². The Kier molecular flexibility index (Phi) is 7.39. The van der Waals surface area contributed by atoms with Gasteiger partial charge in [0, 0.05) is 30.9 Å². The second-order valence-corrected chi connectivity index (χ2v) is 5.59. The van der Waals surface area contributed by atoms with E-state index in [0.29, 0.717) is 5.69 Å². The van der Waals surface area contributed by atoms with E-state index in [2.05, 4.69) is 41.1 Å².